The first-order chi connectivity index (χ1) is 15.5. The van der Waals surface area contributed by atoms with Crippen LogP contribution in [0.15, 0.2) is 54.9 Å². The topological polar surface area (TPSA) is 91.9 Å². The normalized spacial score (nSPS) is 14.8. The Kier molecular flexibility index (Phi) is 11.3. The first-order valence-corrected chi connectivity index (χ1v) is 11.2. The fourth-order valence-corrected chi connectivity index (χ4v) is 3.26. The van der Waals surface area contributed by atoms with Gasteiger partial charge in [-0.1, -0.05) is 43.8 Å². The van der Waals surface area contributed by atoms with Crippen LogP contribution in [0.1, 0.15) is 25.3 Å². The monoisotopic (exact) mass is 444 g/mol. The average molecular weight is 445 g/mol. The smallest absolute Gasteiger partial charge is 0.248 e. The molecule has 32 heavy (non-hydrogen) atoms. The molecule has 8 nitrogen and oxygen atoms in total. The number of nitrogens with zero attached hydrogens (tertiary/aromatic N) is 1. The van der Waals surface area contributed by atoms with E-state index in [1.165, 1.54) is 0 Å². The molecule has 1 unspecified atom stereocenters. The third-order valence-corrected chi connectivity index (χ3v) is 5.20. The van der Waals surface area contributed by atoms with E-state index in [1.807, 2.05) is 37.3 Å². The Bertz CT molecular complexity index is 748. The zero-order valence-corrected chi connectivity index (χ0v) is 19.0. The van der Waals surface area contributed by atoms with Crippen molar-refractivity contribution in [3.63, 3.8) is 0 Å². The molecule has 1 fully saturated rings. The third kappa shape index (κ3) is 9.53. The molecule has 1 aromatic carbocycles. The summed E-state index contributed by atoms with van der Waals surface area (Å²) in [5.74, 6) is -0.181. The highest BCUT2D eigenvalue weighted by atomic mass is 16.5. The summed E-state index contributed by atoms with van der Waals surface area (Å²) in [6.07, 6.45) is 1.43. The number of hydrogen-bond donors (Lipinski definition) is 3. The molecule has 1 heterocycles. The molecule has 176 valence electrons. The van der Waals surface area contributed by atoms with E-state index in [-0.39, 0.29) is 18.4 Å². The number of carbonyl (C=O) groups is 2. The molecular formula is C24H36N4O4. The van der Waals surface area contributed by atoms with E-state index >= 15 is 0 Å². The molecule has 8 heteroatoms. The minimum absolute atomic E-state index is 0.00142. The van der Waals surface area contributed by atoms with Crippen molar-refractivity contribution >= 4 is 11.8 Å². The second-order valence-corrected chi connectivity index (χ2v) is 7.67. The van der Waals surface area contributed by atoms with Gasteiger partial charge >= 0.3 is 0 Å². The molecular weight excluding hydrogens is 408 g/mol. The van der Waals surface area contributed by atoms with Gasteiger partial charge in [0.05, 0.1) is 25.8 Å². The van der Waals surface area contributed by atoms with Crippen molar-refractivity contribution in [3.8, 4) is 0 Å². The van der Waals surface area contributed by atoms with Crippen molar-refractivity contribution in [1.82, 2.24) is 20.9 Å². The SMILES string of the molecule is C=C(NCC(=O)NC(CC)C(=C)C(=O)NCCCN1CCOCC1)OCc1ccccc1. The quantitative estimate of drug-likeness (QED) is 0.229. The van der Waals surface area contributed by atoms with Crippen LogP contribution in [0.4, 0.5) is 0 Å². The second kappa shape index (κ2) is 14.3. The lowest BCUT2D eigenvalue weighted by atomic mass is 10.1. The van der Waals surface area contributed by atoms with Gasteiger partial charge in [-0.3, -0.25) is 14.5 Å². The van der Waals surface area contributed by atoms with E-state index in [0.29, 0.717) is 31.0 Å². The van der Waals surface area contributed by atoms with Gasteiger partial charge in [-0.05, 0) is 31.5 Å². The Balaban J connectivity index is 1.63. The van der Waals surface area contributed by atoms with Gasteiger partial charge in [0.15, 0.2) is 5.88 Å². The summed E-state index contributed by atoms with van der Waals surface area (Å²) in [6, 6.07) is 9.27. The summed E-state index contributed by atoms with van der Waals surface area (Å²) in [7, 11) is 0. The number of hydrogen-bond acceptors (Lipinski definition) is 6. The lowest BCUT2D eigenvalue weighted by molar-refractivity contribution is -0.121. The molecule has 1 aliphatic rings. The van der Waals surface area contributed by atoms with E-state index in [9.17, 15) is 9.59 Å². The lowest BCUT2D eigenvalue weighted by Gasteiger charge is -2.26. The highest BCUT2D eigenvalue weighted by Gasteiger charge is 2.19. The number of rotatable bonds is 14. The largest absolute Gasteiger partial charge is 0.475 e. The van der Waals surface area contributed by atoms with Crippen LogP contribution in [0.5, 0.6) is 0 Å². The molecule has 0 aromatic heterocycles. The maximum Gasteiger partial charge on any atom is 0.248 e. The summed E-state index contributed by atoms with van der Waals surface area (Å²) in [6.45, 7) is 14.8. The van der Waals surface area contributed by atoms with Gasteiger partial charge in [0.25, 0.3) is 0 Å². The molecule has 1 aromatic rings. The van der Waals surface area contributed by atoms with Gasteiger partial charge in [-0.25, -0.2) is 0 Å². The molecule has 1 aliphatic heterocycles. The zero-order chi connectivity index (χ0) is 23.2. The first kappa shape index (κ1) is 25.4. The Morgan fingerprint density at radius 1 is 1.16 bits per heavy atom. The van der Waals surface area contributed by atoms with Gasteiger partial charge in [0, 0.05) is 25.2 Å². The average Bonchev–Trinajstić information content (AvgIpc) is 2.83. The maximum atomic E-state index is 12.4. The third-order valence-electron chi connectivity index (χ3n) is 5.20. The highest BCUT2D eigenvalue weighted by molar-refractivity contribution is 5.95. The lowest BCUT2D eigenvalue weighted by Crippen LogP contribution is -2.44. The van der Waals surface area contributed by atoms with Crippen molar-refractivity contribution in [2.45, 2.75) is 32.4 Å². The first-order valence-electron chi connectivity index (χ1n) is 11.2. The predicted octanol–water partition coefficient (Wildman–Crippen LogP) is 1.55. The number of nitrogens with one attached hydrogen (secondary N) is 3. The molecule has 1 saturated heterocycles. The summed E-state index contributed by atoms with van der Waals surface area (Å²) < 4.78 is 10.8. The summed E-state index contributed by atoms with van der Waals surface area (Å²) in [5, 5.41) is 8.58. The molecule has 0 spiro atoms. The minimum Gasteiger partial charge on any atom is -0.475 e. The summed E-state index contributed by atoms with van der Waals surface area (Å²) in [4.78, 5) is 27.0. The van der Waals surface area contributed by atoms with Crippen molar-refractivity contribution in [1.29, 1.82) is 0 Å². The van der Waals surface area contributed by atoms with E-state index < -0.39 is 6.04 Å². The van der Waals surface area contributed by atoms with E-state index in [1.54, 1.807) is 0 Å². The van der Waals surface area contributed by atoms with Crippen LogP contribution in [-0.4, -0.2) is 68.7 Å². The predicted molar refractivity (Wildman–Crippen MR) is 125 cm³/mol. The summed E-state index contributed by atoms with van der Waals surface area (Å²) >= 11 is 0. The van der Waals surface area contributed by atoms with E-state index in [0.717, 1.165) is 44.8 Å². The molecule has 3 N–H and O–H groups in total. The molecule has 2 rings (SSSR count). The number of benzene rings is 1. The fraction of sp³-hybridized carbons (Fsp3) is 0.500. The van der Waals surface area contributed by atoms with Crippen LogP contribution < -0.4 is 16.0 Å². The van der Waals surface area contributed by atoms with Crippen LogP contribution in [0.2, 0.25) is 0 Å². The van der Waals surface area contributed by atoms with Crippen LogP contribution in [0.25, 0.3) is 0 Å². The molecule has 0 bridgehead atoms. The Labute approximate surface area is 191 Å². The molecule has 2 amide bonds. The molecule has 0 aliphatic carbocycles. The second-order valence-electron chi connectivity index (χ2n) is 7.67. The minimum atomic E-state index is -0.429. The Hall–Kier alpha value is -2.84. The Morgan fingerprint density at radius 3 is 2.56 bits per heavy atom. The molecule has 1 atom stereocenters. The van der Waals surface area contributed by atoms with Crippen LogP contribution >= 0.6 is 0 Å². The zero-order valence-electron chi connectivity index (χ0n) is 19.0. The van der Waals surface area contributed by atoms with Crippen LogP contribution in [0, 0.1) is 0 Å². The van der Waals surface area contributed by atoms with Gasteiger partial charge in [0.1, 0.15) is 6.61 Å². The number of amides is 2. The van der Waals surface area contributed by atoms with Crippen LogP contribution in [-0.2, 0) is 25.7 Å². The standard InChI is InChI=1S/C24H36N4O4/c1-4-22(19(2)24(30)25-11-8-12-28-13-15-31-16-14-28)27-23(29)17-26-20(3)32-18-21-9-6-5-7-10-21/h5-7,9-10,22,26H,2-4,8,11-18H2,1H3,(H,25,30)(H,27,29). The van der Waals surface area contributed by atoms with Crippen LogP contribution in [0.3, 0.4) is 0 Å². The van der Waals surface area contributed by atoms with Gasteiger partial charge in [-0.15, -0.1) is 0 Å². The van der Waals surface area contributed by atoms with Crippen molar-refractivity contribution in [2.24, 2.45) is 0 Å². The number of ether oxygens (including phenoxy) is 2. The number of morpholine rings is 1. The maximum absolute atomic E-state index is 12.4. The molecule has 0 saturated carbocycles. The Morgan fingerprint density at radius 2 is 1.88 bits per heavy atom. The summed E-state index contributed by atoms with van der Waals surface area (Å²) in [5.41, 5.74) is 1.37. The highest BCUT2D eigenvalue weighted by Crippen LogP contribution is 2.06. The van der Waals surface area contributed by atoms with Crippen molar-refractivity contribution < 1.29 is 19.1 Å². The van der Waals surface area contributed by atoms with Crippen molar-refractivity contribution in [2.75, 3.05) is 45.9 Å². The van der Waals surface area contributed by atoms with E-state index in [2.05, 4.69) is 34.0 Å². The van der Waals surface area contributed by atoms with Gasteiger partial charge in [0.2, 0.25) is 11.8 Å². The van der Waals surface area contributed by atoms with Crippen molar-refractivity contribution in [3.05, 3.63) is 60.5 Å². The van der Waals surface area contributed by atoms with E-state index in [4.69, 9.17) is 9.47 Å². The van der Waals surface area contributed by atoms with Gasteiger partial charge < -0.3 is 25.4 Å². The number of carbonyl (C=O) groups excluding carboxylic acids is 2. The fourth-order valence-electron chi connectivity index (χ4n) is 3.26. The molecule has 0 radical (unpaired) electrons. The van der Waals surface area contributed by atoms with Gasteiger partial charge in [-0.2, -0.15) is 0 Å².